The van der Waals surface area contributed by atoms with Crippen molar-refractivity contribution in [2.75, 3.05) is 18.5 Å². The molecule has 1 saturated carbocycles. The van der Waals surface area contributed by atoms with E-state index < -0.39 is 0 Å². The molecule has 4 heterocycles. The standard InChI is InChI=1S/C24H28N4O3S2/c1-15-7-5-11-27-21(15)26-20(25-14-17-10-6-12-31-17)18(22(27)29)13-19-23(30)28(24(32)33-19)16-8-3-2-4-9-16/h5,7,11,13,16-17,25H,2-4,6,8-10,12,14H2,1H3/b19-13-/t17-/m1/s1. The Morgan fingerprint density at radius 1 is 1.24 bits per heavy atom. The van der Waals surface area contributed by atoms with Gasteiger partial charge in [0.1, 0.15) is 15.8 Å². The number of anilines is 1. The van der Waals surface area contributed by atoms with Crippen LogP contribution in [0, 0.1) is 6.92 Å². The zero-order valence-corrected chi connectivity index (χ0v) is 20.3. The Labute approximate surface area is 202 Å². The number of rotatable bonds is 5. The third kappa shape index (κ3) is 4.46. The number of aromatic nitrogens is 2. The van der Waals surface area contributed by atoms with Crippen LogP contribution in [0.3, 0.4) is 0 Å². The molecule has 2 aromatic rings. The summed E-state index contributed by atoms with van der Waals surface area (Å²) in [4.78, 5) is 33.8. The quantitative estimate of drug-likeness (QED) is 0.505. The van der Waals surface area contributed by atoms with Crippen LogP contribution in [0.1, 0.15) is 56.1 Å². The van der Waals surface area contributed by atoms with Crippen LogP contribution in [-0.2, 0) is 9.53 Å². The second kappa shape index (κ2) is 9.56. The first-order valence-corrected chi connectivity index (χ1v) is 12.9. The number of nitrogens with zero attached hydrogens (tertiary/aromatic N) is 3. The van der Waals surface area contributed by atoms with Gasteiger partial charge >= 0.3 is 0 Å². The predicted octanol–water partition coefficient (Wildman–Crippen LogP) is 4.13. The van der Waals surface area contributed by atoms with Crippen molar-refractivity contribution >= 4 is 51.7 Å². The van der Waals surface area contributed by atoms with Gasteiger partial charge in [-0.2, -0.15) is 0 Å². The fraction of sp³-hybridized carbons (Fsp3) is 0.500. The zero-order valence-electron chi connectivity index (χ0n) is 18.7. The van der Waals surface area contributed by atoms with E-state index in [2.05, 4.69) is 5.32 Å². The molecule has 2 saturated heterocycles. The molecule has 0 unspecified atom stereocenters. The van der Waals surface area contributed by atoms with Crippen molar-refractivity contribution in [1.82, 2.24) is 14.3 Å². The third-order valence-electron chi connectivity index (χ3n) is 6.64. The molecular weight excluding hydrogens is 456 g/mol. The summed E-state index contributed by atoms with van der Waals surface area (Å²) in [7, 11) is 0. The summed E-state index contributed by atoms with van der Waals surface area (Å²) >= 11 is 6.85. The van der Waals surface area contributed by atoms with Crippen LogP contribution in [-0.4, -0.2) is 49.8 Å². The molecule has 1 N–H and O–H groups in total. The minimum absolute atomic E-state index is 0.0967. The molecule has 3 fully saturated rings. The monoisotopic (exact) mass is 484 g/mol. The lowest BCUT2D eigenvalue weighted by atomic mass is 9.94. The van der Waals surface area contributed by atoms with Crippen LogP contribution >= 0.6 is 24.0 Å². The lowest BCUT2D eigenvalue weighted by Gasteiger charge is -2.29. The van der Waals surface area contributed by atoms with Gasteiger partial charge in [0, 0.05) is 25.4 Å². The number of hydrogen-bond donors (Lipinski definition) is 1. The van der Waals surface area contributed by atoms with Crippen molar-refractivity contribution in [3.8, 4) is 0 Å². The van der Waals surface area contributed by atoms with E-state index >= 15 is 0 Å². The second-order valence-corrected chi connectivity index (χ2v) is 10.6. The lowest BCUT2D eigenvalue weighted by molar-refractivity contribution is -0.124. The molecule has 0 radical (unpaired) electrons. The number of nitrogens with one attached hydrogen (secondary N) is 1. The lowest BCUT2D eigenvalue weighted by Crippen LogP contribution is -2.39. The summed E-state index contributed by atoms with van der Waals surface area (Å²) in [5.41, 5.74) is 1.68. The van der Waals surface area contributed by atoms with Gasteiger partial charge in [0.2, 0.25) is 0 Å². The second-order valence-electron chi connectivity index (χ2n) is 8.92. The van der Waals surface area contributed by atoms with E-state index in [9.17, 15) is 9.59 Å². The summed E-state index contributed by atoms with van der Waals surface area (Å²) in [5, 5.41) is 3.33. The highest BCUT2D eigenvalue weighted by atomic mass is 32.2. The normalized spacial score (nSPS) is 23.2. The van der Waals surface area contributed by atoms with Gasteiger partial charge in [-0.05, 0) is 50.3 Å². The van der Waals surface area contributed by atoms with Crippen LogP contribution in [0.5, 0.6) is 0 Å². The molecule has 1 aliphatic carbocycles. The maximum absolute atomic E-state index is 13.5. The Hall–Kier alpha value is -2.23. The molecule has 2 aliphatic heterocycles. The number of thiocarbonyl (C=S) groups is 1. The van der Waals surface area contributed by atoms with Gasteiger partial charge in [-0.1, -0.05) is 49.3 Å². The highest BCUT2D eigenvalue weighted by Crippen LogP contribution is 2.37. The molecule has 2 aromatic heterocycles. The average Bonchev–Trinajstić information content (AvgIpc) is 3.43. The average molecular weight is 485 g/mol. The Kier molecular flexibility index (Phi) is 6.53. The third-order valence-corrected chi connectivity index (χ3v) is 7.97. The molecule has 1 amide bonds. The number of ether oxygens (including phenoxy) is 1. The summed E-state index contributed by atoms with van der Waals surface area (Å²) in [6, 6.07) is 3.92. The van der Waals surface area contributed by atoms with Crippen molar-refractivity contribution in [3.05, 3.63) is 44.7 Å². The van der Waals surface area contributed by atoms with Crippen LogP contribution in [0.2, 0.25) is 0 Å². The largest absolute Gasteiger partial charge is 0.376 e. The number of carbonyl (C=O) groups is 1. The van der Waals surface area contributed by atoms with E-state index in [0.717, 1.165) is 50.7 Å². The highest BCUT2D eigenvalue weighted by Gasteiger charge is 2.37. The smallest absolute Gasteiger partial charge is 0.267 e. The molecule has 33 heavy (non-hydrogen) atoms. The van der Waals surface area contributed by atoms with Gasteiger partial charge < -0.3 is 10.1 Å². The van der Waals surface area contributed by atoms with Gasteiger partial charge in [0.05, 0.1) is 16.6 Å². The Morgan fingerprint density at radius 3 is 2.82 bits per heavy atom. The number of hydrogen-bond acceptors (Lipinski definition) is 7. The molecule has 7 nitrogen and oxygen atoms in total. The van der Waals surface area contributed by atoms with E-state index in [1.165, 1.54) is 18.2 Å². The molecule has 3 aliphatic rings. The van der Waals surface area contributed by atoms with Gasteiger partial charge in [-0.15, -0.1) is 0 Å². The van der Waals surface area contributed by atoms with Crippen LogP contribution < -0.4 is 10.9 Å². The minimum atomic E-state index is -0.207. The van der Waals surface area contributed by atoms with Crippen molar-refractivity contribution in [1.29, 1.82) is 0 Å². The summed E-state index contributed by atoms with van der Waals surface area (Å²) in [6.45, 7) is 3.26. The van der Waals surface area contributed by atoms with Crippen molar-refractivity contribution < 1.29 is 9.53 Å². The molecule has 9 heteroatoms. The molecule has 0 spiro atoms. The summed E-state index contributed by atoms with van der Waals surface area (Å²) in [6.07, 6.45) is 10.9. The maximum Gasteiger partial charge on any atom is 0.267 e. The number of aryl methyl sites for hydroxylation is 1. The van der Waals surface area contributed by atoms with Crippen molar-refractivity contribution in [3.63, 3.8) is 0 Å². The highest BCUT2D eigenvalue weighted by molar-refractivity contribution is 8.26. The van der Waals surface area contributed by atoms with Gasteiger partial charge in [0.25, 0.3) is 11.5 Å². The van der Waals surface area contributed by atoms with Crippen LogP contribution in [0.4, 0.5) is 5.82 Å². The van der Waals surface area contributed by atoms with Gasteiger partial charge in [-0.3, -0.25) is 18.9 Å². The first-order valence-electron chi connectivity index (χ1n) is 11.7. The van der Waals surface area contributed by atoms with Crippen molar-refractivity contribution in [2.24, 2.45) is 0 Å². The minimum Gasteiger partial charge on any atom is -0.376 e. The first kappa shape index (κ1) is 22.6. The summed E-state index contributed by atoms with van der Waals surface area (Å²) in [5.74, 6) is 0.378. The molecule has 174 valence electrons. The zero-order chi connectivity index (χ0) is 22.9. The molecule has 0 aromatic carbocycles. The number of thioether (sulfide) groups is 1. The van der Waals surface area contributed by atoms with Gasteiger partial charge in [0.15, 0.2) is 0 Å². The maximum atomic E-state index is 13.5. The van der Waals surface area contributed by atoms with E-state index in [1.54, 1.807) is 21.6 Å². The van der Waals surface area contributed by atoms with Crippen LogP contribution in [0.15, 0.2) is 28.0 Å². The molecule has 1 atom stereocenters. The number of amides is 1. The predicted molar refractivity (Wildman–Crippen MR) is 136 cm³/mol. The SMILES string of the molecule is Cc1cccn2c(=O)c(/C=C3\SC(=S)N(C4CCCCC4)C3=O)c(NC[C@H]3CCCO3)nc12. The van der Waals surface area contributed by atoms with E-state index in [1.807, 2.05) is 19.1 Å². The van der Waals surface area contributed by atoms with E-state index in [4.69, 9.17) is 21.9 Å². The number of carbonyl (C=O) groups excluding carboxylic acids is 1. The van der Waals surface area contributed by atoms with Crippen molar-refractivity contribution in [2.45, 2.75) is 64.0 Å². The van der Waals surface area contributed by atoms with Crippen LogP contribution in [0.25, 0.3) is 11.7 Å². The number of fused-ring (bicyclic) bond motifs is 1. The van der Waals surface area contributed by atoms with E-state index in [-0.39, 0.29) is 23.6 Å². The Balaban J connectivity index is 1.53. The fourth-order valence-corrected chi connectivity index (χ4v) is 6.24. The Bertz CT molecular complexity index is 1180. The topological polar surface area (TPSA) is 75.9 Å². The number of pyridine rings is 1. The molecule has 5 rings (SSSR count). The summed E-state index contributed by atoms with van der Waals surface area (Å²) < 4.78 is 7.85. The molecule has 0 bridgehead atoms. The Morgan fingerprint density at radius 2 is 2.06 bits per heavy atom. The fourth-order valence-electron chi connectivity index (χ4n) is 4.86. The first-order chi connectivity index (χ1) is 16.0. The molecular formula is C24H28N4O3S2. The van der Waals surface area contributed by atoms with Gasteiger partial charge in [-0.25, -0.2) is 4.98 Å². The van der Waals surface area contributed by atoms with E-state index in [0.29, 0.717) is 32.8 Å².